The minimum Gasteiger partial charge on any atom is -0.481 e. The van der Waals surface area contributed by atoms with Crippen LogP contribution in [0.3, 0.4) is 0 Å². The Hall–Kier alpha value is -1.31. The molecule has 1 aliphatic rings. The van der Waals surface area contributed by atoms with Gasteiger partial charge in [-0.2, -0.15) is 0 Å². The Kier molecular flexibility index (Phi) is 4.28. The summed E-state index contributed by atoms with van der Waals surface area (Å²) in [6, 6.07) is 7.37. The third-order valence-electron chi connectivity index (χ3n) is 3.41. The van der Waals surface area contributed by atoms with Crippen LogP contribution in [-0.4, -0.2) is 35.1 Å². The number of anilines is 1. The molecule has 1 aromatic carbocycles. The molecule has 1 atom stereocenters. The lowest BCUT2D eigenvalue weighted by Crippen LogP contribution is -2.54. The lowest BCUT2D eigenvalue weighted by atomic mass is 9.87. The zero-order valence-electron chi connectivity index (χ0n) is 10.5. The average Bonchev–Trinajstić information content (AvgIpc) is 2.30. The fourth-order valence-electron chi connectivity index (χ4n) is 1.95. The lowest BCUT2D eigenvalue weighted by Gasteiger charge is -2.41. The predicted octanol–water partition coefficient (Wildman–Crippen LogP) is 2.48. The molecule has 0 radical (unpaired) electrons. The summed E-state index contributed by atoms with van der Waals surface area (Å²) in [6.45, 7) is 2.69. The minimum absolute atomic E-state index is 0.0538. The number of nitrogens with one attached hydrogen (secondary N) is 1. The number of carboxylic acids is 1. The Morgan fingerprint density at radius 1 is 1.42 bits per heavy atom. The van der Waals surface area contributed by atoms with Crippen molar-refractivity contribution in [2.24, 2.45) is 11.8 Å². The Balaban J connectivity index is 1.87. The van der Waals surface area contributed by atoms with Gasteiger partial charge in [0.15, 0.2) is 0 Å². The van der Waals surface area contributed by atoms with Gasteiger partial charge in [-0.25, -0.2) is 4.79 Å². The Morgan fingerprint density at radius 2 is 2.05 bits per heavy atom. The van der Waals surface area contributed by atoms with Crippen LogP contribution in [0.25, 0.3) is 0 Å². The third kappa shape index (κ3) is 3.17. The first-order chi connectivity index (χ1) is 8.99. The van der Waals surface area contributed by atoms with Crippen molar-refractivity contribution < 1.29 is 14.7 Å². The molecule has 2 rings (SSSR count). The summed E-state index contributed by atoms with van der Waals surface area (Å²) in [7, 11) is 0. The van der Waals surface area contributed by atoms with Gasteiger partial charge >= 0.3 is 12.0 Å². The number of amides is 2. The van der Waals surface area contributed by atoms with Crippen molar-refractivity contribution in [2.75, 3.05) is 18.4 Å². The molecule has 1 fully saturated rings. The largest absolute Gasteiger partial charge is 0.481 e. The van der Waals surface area contributed by atoms with Gasteiger partial charge in [-0.3, -0.25) is 4.79 Å². The number of aliphatic carboxylic acids is 1. The van der Waals surface area contributed by atoms with Crippen molar-refractivity contribution in [1.29, 1.82) is 0 Å². The second-order valence-corrected chi connectivity index (χ2v) is 5.86. The summed E-state index contributed by atoms with van der Waals surface area (Å²) in [5.74, 6) is -1.15. The van der Waals surface area contributed by atoms with Crippen molar-refractivity contribution in [3.8, 4) is 0 Å². The van der Waals surface area contributed by atoms with E-state index in [1.807, 2.05) is 24.3 Å². The fourth-order valence-corrected chi connectivity index (χ4v) is 2.48. The number of nitrogens with zero attached hydrogens (tertiary/aromatic N) is 1. The van der Waals surface area contributed by atoms with Gasteiger partial charge in [0.1, 0.15) is 0 Å². The van der Waals surface area contributed by atoms with Crippen LogP contribution in [0.15, 0.2) is 24.3 Å². The van der Waals surface area contributed by atoms with E-state index in [-0.39, 0.29) is 11.9 Å². The van der Waals surface area contributed by atoms with E-state index < -0.39 is 11.9 Å². The first kappa shape index (κ1) is 14.1. The molecule has 1 aliphatic heterocycles. The quantitative estimate of drug-likeness (QED) is 0.799. The van der Waals surface area contributed by atoms with Crippen LogP contribution < -0.4 is 5.32 Å². The SMILES string of the molecule is CC(C(=O)O)C1CN(C(=O)Nc2ccccc2I)C1. The van der Waals surface area contributed by atoms with Gasteiger partial charge in [-0.1, -0.05) is 19.1 Å². The van der Waals surface area contributed by atoms with Gasteiger partial charge in [0.05, 0.1) is 11.6 Å². The summed E-state index contributed by atoms with van der Waals surface area (Å²) >= 11 is 2.16. The highest BCUT2D eigenvalue weighted by Gasteiger charge is 2.37. The van der Waals surface area contributed by atoms with E-state index in [0.717, 1.165) is 9.26 Å². The van der Waals surface area contributed by atoms with E-state index in [1.165, 1.54) is 0 Å². The number of rotatable bonds is 3. The first-order valence-electron chi connectivity index (χ1n) is 6.02. The van der Waals surface area contributed by atoms with Crippen LogP contribution in [0.1, 0.15) is 6.92 Å². The summed E-state index contributed by atoms with van der Waals surface area (Å²) in [5, 5.41) is 11.7. The number of hydrogen-bond acceptors (Lipinski definition) is 2. The Morgan fingerprint density at radius 3 is 2.63 bits per heavy atom. The zero-order chi connectivity index (χ0) is 14.0. The number of halogens is 1. The summed E-state index contributed by atoms with van der Waals surface area (Å²) < 4.78 is 0.976. The van der Waals surface area contributed by atoms with Crippen molar-refractivity contribution in [2.45, 2.75) is 6.92 Å². The number of hydrogen-bond donors (Lipinski definition) is 2. The molecule has 2 amide bonds. The number of carbonyl (C=O) groups excluding carboxylic acids is 1. The molecule has 102 valence electrons. The fraction of sp³-hybridized carbons (Fsp3) is 0.385. The van der Waals surface area contributed by atoms with Gasteiger partial charge in [0.2, 0.25) is 0 Å². The number of para-hydroxylation sites is 1. The number of benzene rings is 1. The molecule has 0 aromatic heterocycles. The van der Waals surface area contributed by atoms with Crippen molar-refractivity contribution >= 4 is 40.3 Å². The van der Waals surface area contributed by atoms with Gasteiger partial charge in [0.25, 0.3) is 0 Å². The molecule has 0 bridgehead atoms. The summed E-state index contributed by atoms with van der Waals surface area (Å²) in [6.07, 6.45) is 0. The average molecular weight is 374 g/mol. The summed E-state index contributed by atoms with van der Waals surface area (Å²) in [4.78, 5) is 24.4. The molecule has 5 nitrogen and oxygen atoms in total. The van der Waals surface area contributed by atoms with Gasteiger partial charge in [0, 0.05) is 22.6 Å². The maximum atomic E-state index is 11.9. The molecular formula is C13H15IN2O3. The van der Waals surface area contributed by atoms with Crippen LogP contribution >= 0.6 is 22.6 Å². The molecule has 1 saturated heterocycles. The Bertz CT molecular complexity index is 500. The first-order valence-corrected chi connectivity index (χ1v) is 7.10. The topological polar surface area (TPSA) is 69.6 Å². The van der Waals surface area contributed by atoms with Crippen molar-refractivity contribution in [1.82, 2.24) is 4.90 Å². The van der Waals surface area contributed by atoms with E-state index in [9.17, 15) is 9.59 Å². The van der Waals surface area contributed by atoms with E-state index >= 15 is 0 Å². The van der Waals surface area contributed by atoms with Crippen LogP contribution in [0.4, 0.5) is 10.5 Å². The number of likely N-dealkylation sites (tertiary alicyclic amines) is 1. The molecule has 2 N–H and O–H groups in total. The van der Waals surface area contributed by atoms with Crippen LogP contribution in [0.2, 0.25) is 0 Å². The summed E-state index contributed by atoms with van der Waals surface area (Å²) in [5.41, 5.74) is 0.780. The molecule has 0 spiro atoms. The van der Waals surface area contributed by atoms with Crippen molar-refractivity contribution in [3.63, 3.8) is 0 Å². The van der Waals surface area contributed by atoms with E-state index in [1.54, 1.807) is 11.8 Å². The predicted molar refractivity (Wildman–Crippen MR) is 80.0 cm³/mol. The van der Waals surface area contributed by atoms with E-state index in [2.05, 4.69) is 27.9 Å². The van der Waals surface area contributed by atoms with Crippen molar-refractivity contribution in [3.05, 3.63) is 27.8 Å². The smallest absolute Gasteiger partial charge is 0.321 e. The number of carboxylic acid groups (broad SMARTS) is 1. The lowest BCUT2D eigenvalue weighted by molar-refractivity contribution is -0.144. The van der Waals surface area contributed by atoms with Gasteiger partial charge < -0.3 is 15.3 Å². The van der Waals surface area contributed by atoms with E-state index in [4.69, 9.17) is 5.11 Å². The molecule has 1 unspecified atom stereocenters. The molecular weight excluding hydrogens is 359 g/mol. The molecule has 1 heterocycles. The minimum atomic E-state index is -0.803. The van der Waals surface area contributed by atoms with Gasteiger partial charge in [-0.05, 0) is 34.7 Å². The number of urea groups is 1. The molecule has 19 heavy (non-hydrogen) atoms. The Labute approximate surface area is 125 Å². The molecule has 0 saturated carbocycles. The maximum absolute atomic E-state index is 11.9. The molecule has 1 aromatic rings. The van der Waals surface area contributed by atoms with E-state index in [0.29, 0.717) is 13.1 Å². The van der Waals surface area contributed by atoms with Crippen LogP contribution in [-0.2, 0) is 4.79 Å². The third-order valence-corrected chi connectivity index (χ3v) is 4.35. The monoisotopic (exact) mass is 374 g/mol. The molecule has 0 aliphatic carbocycles. The highest BCUT2D eigenvalue weighted by molar-refractivity contribution is 14.1. The maximum Gasteiger partial charge on any atom is 0.321 e. The second-order valence-electron chi connectivity index (χ2n) is 4.70. The van der Waals surface area contributed by atoms with Gasteiger partial charge in [-0.15, -0.1) is 0 Å². The van der Waals surface area contributed by atoms with Crippen LogP contribution in [0, 0.1) is 15.4 Å². The molecule has 6 heteroatoms. The normalized spacial score (nSPS) is 16.6. The number of carbonyl (C=O) groups is 2. The second kappa shape index (κ2) is 5.77. The zero-order valence-corrected chi connectivity index (χ0v) is 12.6. The standard InChI is InChI=1S/C13H15IN2O3/c1-8(12(17)18)9-6-16(7-9)13(19)15-11-5-3-2-4-10(11)14/h2-5,8-9H,6-7H2,1H3,(H,15,19)(H,17,18). The van der Waals surface area contributed by atoms with Crippen LogP contribution in [0.5, 0.6) is 0 Å². The highest BCUT2D eigenvalue weighted by atomic mass is 127. The highest BCUT2D eigenvalue weighted by Crippen LogP contribution is 2.25.